The van der Waals surface area contributed by atoms with Gasteiger partial charge < -0.3 is 10.0 Å². The number of likely N-dealkylation sites (tertiary alicyclic amines) is 1. The zero-order valence-electron chi connectivity index (χ0n) is 20.6. The maximum Gasteiger partial charge on any atom is 0.290 e. The van der Waals surface area contributed by atoms with E-state index in [2.05, 4.69) is 9.97 Å². The van der Waals surface area contributed by atoms with Crippen LogP contribution in [0, 0.1) is 12.7 Å². The standard InChI is InChI=1S/C28H27FN4O3S/c1-3-22(18-9-5-4-6-10-18)33-24(26-30-17(2)16-37-26)31-25(34)23(28(33)36)27(35)32-14-13-19(15-32)20-11-7-8-12-21(20)29/h4-12,16,19,22,36H,3,13-15H2,1-2H3/t19?,22-/m0/s1. The van der Waals surface area contributed by atoms with Crippen LogP contribution in [0.5, 0.6) is 5.88 Å². The lowest BCUT2D eigenvalue weighted by molar-refractivity contribution is 0.0783. The number of hydrogen-bond acceptors (Lipinski definition) is 6. The summed E-state index contributed by atoms with van der Waals surface area (Å²) >= 11 is 1.32. The number of hydrogen-bond donors (Lipinski definition) is 1. The van der Waals surface area contributed by atoms with Crippen molar-refractivity contribution < 1.29 is 14.3 Å². The molecule has 2 aromatic heterocycles. The number of aromatic nitrogens is 3. The molecule has 2 atom stereocenters. The van der Waals surface area contributed by atoms with Crippen molar-refractivity contribution in [3.8, 4) is 16.7 Å². The summed E-state index contributed by atoms with van der Waals surface area (Å²) < 4.78 is 15.9. The Morgan fingerprint density at radius 1 is 1.16 bits per heavy atom. The third kappa shape index (κ3) is 4.67. The van der Waals surface area contributed by atoms with Crippen molar-refractivity contribution in [1.29, 1.82) is 0 Å². The number of aromatic hydroxyl groups is 1. The third-order valence-corrected chi connectivity index (χ3v) is 7.78. The third-order valence-electron chi connectivity index (χ3n) is 6.83. The molecule has 5 rings (SSSR count). The Labute approximate surface area is 217 Å². The van der Waals surface area contributed by atoms with Gasteiger partial charge >= 0.3 is 0 Å². The number of aryl methyl sites for hydroxylation is 1. The monoisotopic (exact) mass is 518 g/mol. The first-order valence-corrected chi connectivity index (χ1v) is 13.1. The molecular weight excluding hydrogens is 491 g/mol. The summed E-state index contributed by atoms with van der Waals surface area (Å²) in [6.07, 6.45) is 1.14. The summed E-state index contributed by atoms with van der Waals surface area (Å²) in [4.78, 5) is 37.1. The van der Waals surface area contributed by atoms with E-state index in [9.17, 15) is 19.1 Å². The van der Waals surface area contributed by atoms with Crippen LogP contribution in [-0.4, -0.2) is 43.5 Å². The molecule has 4 aromatic rings. The van der Waals surface area contributed by atoms with Gasteiger partial charge in [-0.15, -0.1) is 11.3 Å². The fourth-order valence-corrected chi connectivity index (χ4v) is 5.80. The number of halogens is 1. The molecule has 0 spiro atoms. The highest BCUT2D eigenvalue weighted by molar-refractivity contribution is 7.13. The quantitative estimate of drug-likeness (QED) is 0.381. The molecule has 190 valence electrons. The van der Waals surface area contributed by atoms with Crippen molar-refractivity contribution in [2.24, 2.45) is 0 Å². The molecule has 1 fully saturated rings. The van der Waals surface area contributed by atoms with E-state index in [1.807, 2.05) is 49.6 Å². The van der Waals surface area contributed by atoms with Gasteiger partial charge in [0, 0.05) is 30.1 Å². The molecule has 0 aliphatic carbocycles. The number of thiazole rings is 1. The van der Waals surface area contributed by atoms with E-state index in [4.69, 9.17) is 0 Å². The fraction of sp³-hybridized carbons (Fsp3) is 0.286. The lowest BCUT2D eigenvalue weighted by Gasteiger charge is -2.25. The van der Waals surface area contributed by atoms with Crippen LogP contribution in [0.15, 0.2) is 64.8 Å². The molecule has 2 aromatic carbocycles. The topological polar surface area (TPSA) is 88.3 Å². The molecule has 1 amide bonds. The highest BCUT2D eigenvalue weighted by Crippen LogP contribution is 2.35. The van der Waals surface area contributed by atoms with Crippen LogP contribution in [0.25, 0.3) is 10.8 Å². The fourth-order valence-electron chi connectivity index (χ4n) is 5.02. The van der Waals surface area contributed by atoms with Crippen LogP contribution in [0.3, 0.4) is 0 Å². The van der Waals surface area contributed by atoms with Crippen LogP contribution in [-0.2, 0) is 0 Å². The van der Waals surface area contributed by atoms with E-state index < -0.39 is 17.3 Å². The molecule has 1 saturated heterocycles. The van der Waals surface area contributed by atoms with Crippen molar-refractivity contribution in [3.05, 3.63) is 98.5 Å². The maximum absolute atomic E-state index is 14.4. The molecule has 0 bridgehead atoms. The Balaban J connectivity index is 1.59. The molecule has 0 saturated carbocycles. The van der Waals surface area contributed by atoms with Crippen molar-refractivity contribution >= 4 is 17.2 Å². The second-order valence-electron chi connectivity index (χ2n) is 9.20. The number of carbonyl (C=O) groups excluding carboxylic acids is 1. The summed E-state index contributed by atoms with van der Waals surface area (Å²) in [6.45, 7) is 4.41. The second-order valence-corrected chi connectivity index (χ2v) is 10.1. The molecule has 7 nitrogen and oxygen atoms in total. The van der Waals surface area contributed by atoms with Crippen molar-refractivity contribution in [2.45, 2.75) is 38.6 Å². The minimum Gasteiger partial charge on any atom is -0.494 e. The predicted molar refractivity (Wildman–Crippen MR) is 141 cm³/mol. The molecular formula is C28H27FN4O3S. The van der Waals surface area contributed by atoms with E-state index in [1.54, 1.807) is 22.8 Å². The number of amides is 1. The van der Waals surface area contributed by atoms with Gasteiger partial charge in [-0.2, -0.15) is 4.98 Å². The summed E-state index contributed by atoms with van der Waals surface area (Å²) in [7, 11) is 0. The zero-order chi connectivity index (χ0) is 26.1. The average Bonchev–Trinajstić information content (AvgIpc) is 3.56. The van der Waals surface area contributed by atoms with Gasteiger partial charge in [0.15, 0.2) is 16.4 Å². The second kappa shape index (κ2) is 10.3. The van der Waals surface area contributed by atoms with Gasteiger partial charge in [0.1, 0.15) is 5.82 Å². The number of nitrogens with zero attached hydrogens (tertiary/aromatic N) is 4. The lowest BCUT2D eigenvalue weighted by atomic mass is 9.98. The van der Waals surface area contributed by atoms with Gasteiger partial charge in [-0.05, 0) is 37.0 Å². The van der Waals surface area contributed by atoms with Crippen LogP contribution in [0.4, 0.5) is 4.39 Å². The average molecular weight is 519 g/mol. The highest BCUT2D eigenvalue weighted by atomic mass is 32.1. The van der Waals surface area contributed by atoms with Crippen molar-refractivity contribution in [1.82, 2.24) is 19.4 Å². The normalized spacial score (nSPS) is 16.2. The van der Waals surface area contributed by atoms with Gasteiger partial charge in [0.05, 0.1) is 6.04 Å². The molecule has 3 heterocycles. The zero-order valence-corrected chi connectivity index (χ0v) is 21.4. The summed E-state index contributed by atoms with van der Waals surface area (Å²) in [5.74, 6) is -1.32. The van der Waals surface area contributed by atoms with Gasteiger partial charge in [-0.1, -0.05) is 55.5 Å². The largest absolute Gasteiger partial charge is 0.494 e. The molecule has 37 heavy (non-hydrogen) atoms. The SMILES string of the molecule is CC[C@@H](c1ccccc1)n1c(-c2nc(C)cs2)nc(=O)c(C(=O)N2CCC(c3ccccc3F)C2)c1O. The summed E-state index contributed by atoms with van der Waals surface area (Å²) in [6, 6.07) is 15.7. The lowest BCUT2D eigenvalue weighted by Crippen LogP contribution is -2.35. The first kappa shape index (κ1) is 24.8. The first-order chi connectivity index (χ1) is 17.9. The van der Waals surface area contributed by atoms with E-state index in [1.165, 1.54) is 22.3 Å². The van der Waals surface area contributed by atoms with Gasteiger partial charge in [0.25, 0.3) is 11.5 Å². The van der Waals surface area contributed by atoms with Crippen LogP contribution >= 0.6 is 11.3 Å². The smallest absolute Gasteiger partial charge is 0.290 e. The molecule has 1 N–H and O–H groups in total. The predicted octanol–water partition coefficient (Wildman–Crippen LogP) is 5.15. The molecule has 1 unspecified atom stereocenters. The van der Waals surface area contributed by atoms with Crippen molar-refractivity contribution in [2.75, 3.05) is 13.1 Å². The van der Waals surface area contributed by atoms with E-state index in [-0.39, 0.29) is 35.7 Å². The first-order valence-electron chi connectivity index (χ1n) is 12.3. The Kier molecular flexibility index (Phi) is 6.88. The number of carbonyl (C=O) groups is 1. The minimum absolute atomic E-state index is 0.187. The van der Waals surface area contributed by atoms with E-state index in [0.29, 0.717) is 30.0 Å². The van der Waals surface area contributed by atoms with Crippen LogP contribution in [0.1, 0.15) is 58.9 Å². The van der Waals surface area contributed by atoms with Gasteiger partial charge in [-0.3, -0.25) is 14.2 Å². The molecule has 0 radical (unpaired) electrons. The van der Waals surface area contributed by atoms with Crippen LogP contribution in [0.2, 0.25) is 0 Å². The minimum atomic E-state index is -0.807. The number of rotatable bonds is 6. The van der Waals surface area contributed by atoms with E-state index >= 15 is 0 Å². The van der Waals surface area contributed by atoms with Gasteiger partial charge in [0.2, 0.25) is 5.88 Å². The Bertz CT molecular complexity index is 1500. The Morgan fingerprint density at radius 2 is 1.89 bits per heavy atom. The van der Waals surface area contributed by atoms with Gasteiger partial charge in [-0.25, -0.2) is 9.37 Å². The Hall–Kier alpha value is -3.85. The highest BCUT2D eigenvalue weighted by Gasteiger charge is 2.35. The van der Waals surface area contributed by atoms with E-state index in [0.717, 1.165) is 11.3 Å². The maximum atomic E-state index is 14.4. The van der Waals surface area contributed by atoms with Crippen LogP contribution < -0.4 is 5.56 Å². The Morgan fingerprint density at radius 3 is 2.57 bits per heavy atom. The molecule has 1 aliphatic heterocycles. The number of benzene rings is 2. The molecule has 1 aliphatic rings. The molecule has 9 heteroatoms. The van der Waals surface area contributed by atoms with Crippen molar-refractivity contribution in [3.63, 3.8) is 0 Å². The summed E-state index contributed by atoms with van der Waals surface area (Å²) in [5, 5.41) is 13.9. The summed E-state index contributed by atoms with van der Waals surface area (Å²) in [5.41, 5.74) is 1.03.